The smallest absolute Gasteiger partial charge is 0.0595 e. The highest BCUT2D eigenvalue weighted by Gasteiger charge is 2.13. The van der Waals surface area contributed by atoms with Gasteiger partial charge in [-0.25, -0.2) is 0 Å². The van der Waals surface area contributed by atoms with E-state index in [1.54, 1.807) is 6.07 Å². The van der Waals surface area contributed by atoms with Crippen LogP contribution in [-0.2, 0) is 6.42 Å². The van der Waals surface area contributed by atoms with Crippen LogP contribution in [0.25, 0.3) is 0 Å². The number of halogens is 4. The second-order valence-corrected chi connectivity index (χ2v) is 6.42. The van der Waals surface area contributed by atoms with Crippen LogP contribution in [0.3, 0.4) is 0 Å². The third-order valence-corrected chi connectivity index (χ3v) is 4.94. The van der Waals surface area contributed by atoms with E-state index >= 15 is 0 Å². The standard InChI is InChI=1S/C14H12BrCl3N2/c15-10-3-2-9(7-12(10)17)14(20-19)6-8-1-4-11(16)13(18)5-8/h1-5,7,14,20H,6,19H2. The molecule has 1 atom stereocenters. The Kier molecular flexibility index (Phi) is 5.73. The third kappa shape index (κ3) is 3.88. The Morgan fingerprint density at radius 2 is 1.75 bits per heavy atom. The van der Waals surface area contributed by atoms with E-state index in [2.05, 4.69) is 21.4 Å². The maximum absolute atomic E-state index is 6.11. The van der Waals surface area contributed by atoms with Crippen molar-refractivity contribution in [3.05, 3.63) is 67.1 Å². The van der Waals surface area contributed by atoms with E-state index < -0.39 is 0 Å². The minimum Gasteiger partial charge on any atom is -0.271 e. The van der Waals surface area contributed by atoms with Gasteiger partial charge in [-0.2, -0.15) is 0 Å². The number of nitrogens with two attached hydrogens (primary N) is 1. The molecular weight excluding hydrogens is 382 g/mol. The Bertz CT molecular complexity index is 619. The summed E-state index contributed by atoms with van der Waals surface area (Å²) in [4.78, 5) is 0. The molecule has 0 aliphatic carbocycles. The van der Waals surface area contributed by atoms with Gasteiger partial charge in [-0.3, -0.25) is 11.3 Å². The lowest BCUT2D eigenvalue weighted by molar-refractivity contribution is 0.552. The van der Waals surface area contributed by atoms with Gasteiger partial charge in [0.15, 0.2) is 0 Å². The maximum Gasteiger partial charge on any atom is 0.0595 e. The van der Waals surface area contributed by atoms with Gasteiger partial charge in [0.2, 0.25) is 0 Å². The van der Waals surface area contributed by atoms with Crippen molar-refractivity contribution < 1.29 is 0 Å². The number of benzene rings is 2. The first kappa shape index (κ1) is 16.1. The average molecular weight is 395 g/mol. The largest absolute Gasteiger partial charge is 0.271 e. The van der Waals surface area contributed by atoms with Crippen LogP contribution in [-0.4, -0.2) is 0 Å². The Balaban J connectivity index is 2.23. The van der Waals surface area contributed by atoms with Crippen LogP contribution in [0.5, 0.6) is 0 Å². The van der Waals surface area contributed by atoms with Crippen molar-refractivity contribution in [3.63, 3.8) is 0 Å². The minimum absolute atomic E-state index is 0.0576. The van der Waals surface area contributed by atoms with Gasteiger partial charge in [0, 0.05) is 4.47 Å². The second kappa shape index (κ2) is 7.12. The van der Waals surface area contributed by atoms with E-state index in [1.807, 2.05) is 30.3 Å². The highest BCUT2D eigenvalue weighted by Crippen LogP contribution is 2.29. The van der Waals surface area contributed by atoms with E-state index in [-0.39, 0.29) is 6.04 Å². The van der Waals surface area contributed by atoms with E-state index in [1.165, 1.54) is 0 Å². The first-order valence-electron chi connectivity index (χ1n) is 5.86. The van der Waals surface area contributed by atoms with E-state index in [0.29, 0.717) is 21.5 Å². The van der Waals surface area contributed by atoms with Crippen LogP contribution in [0.15, 0.2) is 40.9 Å². The van der Waals surface area contributed by atoms with Gasteiger partial charge in [0.05, 0.1) is 21.1 Å². The average Bonchev–Trinajstić information content (AvgIpc) is 2.43. The number of hydrogen-bond acceptors (Lipinski definition) is 2. The molecule has 0 aromatic heterocycles. The SMILES string of the molecule is NNC(Cc1ccc(Cl)c(Cl)c1)c1ccc(Br)c(Cl)c1. The van der Waals surface area contributed by atoms with Crippen LogP contribution in [0.4, 0.5) is 0 Å². The van der Waals surface area contributed by atoms with Crippen molar-refractivity contribution in [2.24, 2.45) is 5.84 Å². The summed E-state index contributed by atoms with van der Waals surface area (Å²) in [6.45, 7) is 0. The minimum atomic E-state index is -0.0576. The molecule has 106 valence electrons. The fourth-order valence-electron chi connectivity index (χ4n) is 1.90. The predicted octanol–water partition coefficient (Wildman–Crippen LogP) is 5.16. The lowest BCUT2D eigenvalue weighted by Gasteiger charge is -2.17. The molecule has 2 aromatic rings. The number of hydrazine groups is 1. The summed E-state index contributed by atoms with van der Waals surface area (Å²) >= 11 is 21.4. The van der Waals surface area contributed by atoms with Gasteiger partial charge in [-0.15, -0.1) is 0 Å². The van der Waals surface area contributed by atoms with Crippen LogP contribution in [0.1, 0.15) is 17.2 Å². The Morgan fingerprint density at radius 1 is 1.00 bits per heavy atom. The van der Waals surface area contributed by atoms with E-state index in [9.17, 15) is 0 Å². The first-order chi connectivity index (χ1) is 9.51. The number of rotatable bonds is 4. The van der Waals surface area contributed by atoms with E-state index in [4.69, 9.17) is 40.6 Å². The van der Waals surface area contributed by atoms with Gasteiger partial charge >= 0.3 is 0 Å². The molecule has 3 N–H and O–H groups in total. The third-order valence-electron chi connectivity index (χ3n) is 2.97. The zero-order valence-electron chi connectivity index (χ0n) is 10.3. The lowest BCUT2D eigenvalue weighted by atomic mass is 9.99. The predicted molar refractivity (Wildman–Crippen MR) is 89.4 cm³/mol. The van der Waals surface area contributed by atoms with Gasteiger partial charge in [-0.1, -0.05) is 46.9 Å². The molecule has 20 heavy (non-hydrogen) atoms. The van der Waals surface area contributed by atoms with Crippen LogP contribution < -0.4 is 11.3 Å². The van der Waals surface area contributed by atoms with Crippen LogP contribution >= 0.6 is 50.7 Å². The van der Waals surface area contributed by atoms with Gasteiger partial charge in [0.1, 0.15) is 0 Å². The fourth-order valence-corrected chi connectivity index (χ4v) is 2.66. The molecule has 2 aromatic carbocycles. The summed E-state index contributed by atoms with van der Waals surface area (Å²) in [7, 11) is 0. The Labute approximate surface area is 141 Å². The fraction of sp³-hybridized carbons (Fsp3) is 0.143. The molecule has 0 spiro atoms. The normalized spacial score (nSPS) is 12.4. The van der Waals surface area contributed by atoms with Gasteiger partial charge in [-0.05, 0) is 57.7 Å². The topological polar surface area (TPSA) is 38.0 Å². The number of hydrogen-bond donors (Lipinski definition) is 2. The summed E-state index contributed by atoms with van der Waals surface area (Å²) in [6, 6.07) is 11.2. The zero-order chi connectivity index (χ0) is 14.7. The Hall–Kier alpha value is -0.290. The summed E-state index contributed by atoms with van der Waals surface area (Å²) < 4.78 is 0.855. The zero-order valence-corrected chi connectivity index (χ0v) is 14.2. The lowest BCUT2D eigenvalue weighted by Crippen LogP contribution is -2.29. The molecule has 0 heterocycles. The molecule has 0 bridgehead atoms. The molecule has 1 unspecified atom stereocenters. The van der Waals surface area contributed by atoms with Crippen molar-refractivity contribution in [1.82, 2.24) is 5.43 Å². The summed E-state index contributed by atoms with van der Waals surface area (Å²) in [5, 5.41) is 1.73. The van der Waals surface area contributed by atoms with Crippen molar-refractivity contribution in [2.75, 3.05) is 0 Å². The van der Waals surface area contributed by atoms with E-state index in [0.717, 1.165) is 15.6 Å². The molecule has 6 heteroatoms. The number of nitrogens with one attached hydrogen (secondary N) is 1. The molecular formula is C14H12BrCl3N2. The van der Waals surface area contributed by atoms with Crippen molar-refractivity contribution >= 4 is 50.7 Å². The first-order valence-corrected chi connectivity index (χ1v) is 7.79. The molecule has 0 saturated heterocycles. The quantitative estimate of drug-likeness (QED) is 0.555. The molecule has 2 rings (SSSR count). The monoisotopic (exact) mass is 392 g/mol. The van der Waals surface area contributed by atoms with Crippen molar-refractivity contribution in [1.29, 1.82) is 0 Å². The molecule has 0 amide bonds. The second-order valence-electron chi connectivity index (χ2n) is 4.35. The molecule has 0 aliphatic rings. The van der Waals surface area contributed by atoms with Crippen molar-refractivity contribution in [2.45, 2.75) is 12.5 Å². The highest BCUT2D eigenvalue weighted by atomic mass is 79.9. The molecule has 2 nitrogen and oxygen atoms in total. The maximum atomic E-state index is 6.11. The van der Waals surface area contributed by atoms with Gasteiger partial charge < -0.3 is 0 Å². The highest BCUT2D eigenvalue weighted by molar-refractivity contribution is 9.10. The van der Waals surface area contributed by atoms with Crippen LogP contribution in [0, 0.1) is 0 Å². The van der Waals surface area contributed by atoms with Crippen LogP contribution in [0.2, 0.25) is 15.1 Å². The molecule has 0 aliphatic heterocycles. The summed E-state index contributed by atoms with van der Waals surface area (Å²) in [5.41, 5.74) is 4.85. The van der Waals surface area contributed by atoms with Crippen molar-refractivity contribution in [3.8, 4) is 0 Å². The molecule has 0 radical (unpaired) electrons. The Morgan fingerprint density at radius 3 is 2.35 bits per heavy atom. The molecule has 0 fully saturated rings. The summed E-state index contributed by atoms with van der Waals surface area (Å²) in [6.07, 6.45) is 0.686. The molecule has 0 saturated carbocycles. The summed E-state index contributed by atoms with van der Waals surface area (Å²) in [5.74, 6) is 5.64. The van der Waals surface area contributed by atoms with Gasteiger partial charge in [0.25, 0.3) is 0 Å².